The third kappa shape index (κ3) is 4.05. The summed E-state index contributed by atoms with van der Waals surface area (Å²) < 4.78 is 5.80. The highest BCUT2D eigenvalue weighted by atomic mass is 16.5. The van der Waals surface area contributed by atoms with Crippen molar-refractivity contribution in [2.75, 3.05) is 25.4 Å². The number of hydrogen-bond acceptors (Lipinski definition) is 6. The number of nitrogens with two attached hydrogens (primary N) is 1. The molecule has 2 aromatic heterocycles. The number of rotatable bonds is 4. The summed E-state index contributed by atoms with van der Waals surface area (Å²) in [6.07, 6.45) is 5.00. The van der Waals surface area contributed by atoms with Gasteiger partial charge in [-0.3, -0.25) is 4.79 Å². The Bertz CT molecular complexity index is 722. The van der Waals surface area contributed by atoms with Gasteiger partial charge in [0.25, 0.3) is 5.91 Å². The van der Waals surface area contributed by atoms with Crippen LogP contribution in [0.1, 0.15) is 28.3 Å². The van der Waals surface area contributed by atoms with Crippen LogP contribution in [0, 0.1) is 6.92 Å². The highest BCUT2D eigenvalue weighted by molar-refractivity contribution is 5.92. The molecule has 3 heterocycles. The minimum atomic E-state index is -0.0676. The zero-order chi connectivity index (χ0) is 16.9. The van der Waals surface area contributed by atoms with Crippen molar-refractivity contribution >= 4 is 11.7 Å². The largest absolute Gasteiger partial charge is 0.384 e. The fraction of sp³-hybridized carbons (Fsp3) is 0.412. The SMILES string of the molecule is Cc1nccc(C(=O)N2CCO[C@H](CCc3ccnc(N)c3)C2)n1. The van der Waals surface area contributed by atoms with Crippen molar-refractivity contribution in [2.24, 2.45) is 0 Å². The molecule has 0 aromatic carbocycles. The summed E-state index contributed by atoms with van der Waals surface area (Å²) in [7, 11) is 0. The third-order valence-corrected chi connectivity index (χ3v) is 4.02. The molecule has 24 heavy (non-hydrogen) atoms. The average Bonchev–Trinajstić information content (AvgIpc) is 2.60. The first-order valence-electron chi connectivity index (χ1n) is 8.03. The van der Waals surface area contributed by atoms with E-state index in [0.717, 1.165) is 18.4 Å². The first-order chi connectivity index (χ1) is 11.6. The van der Waals surface area contributed by atoms with Gasteiger partial charge in [0.2, 0.25) is 0 Å². The molecule has 2 N–H and O–H groups in total. The van der Waals surface area contributed by atoms with Gasteiger partial charge in [0.05, 0.1) is 12.7 Å². The molecule has 1 saturated heterocycles. The Morgan fingerprint density at radius 2 is 2.21 bits per heavy atom. The summed E-state index contributed by atoms with van der Waals surface area (Å²) >= 11 is 0. The fourth-order valence-electron chi connectivity index (χ4n) is 2.79. The summed E-state index contributed by atoms with van der Waals surface area (Å²) in [4.78, 5) is 26.6. The minimum Gasteiger partial charge on any atom is -0.384 e. The van der Waals surface area contributed by atoms with Gasteiger partial charge in [0.1, 0.15) is 17.3 Å². The molecule has 126 valence electrons. The maximum absolute atomic E-state index is 12.6. The highest BCUT2D eigenvalue weighted by Crippen LogP contribution is 2.15. The van der Waals surface area contributed by atoms with Gasteiger partial charge in [-0.15, -0.1) is 0 Å². The smallest absolute Gasteiger partial charge is 0.272 e. The van der Waals surface area contributed by atoms with E-state index < -0.39 is 0 Å². The summed E-state index contributed by atoms with van der Waals surface area (Å²) in [5, 5.41) is 0. The van der Waals surface area contributed by atoms with Crippen LogP contribution < -0.4 is 5.73 Å². The van der Waals surface area contributed by atoms with Gasteiger partial charge in [-0.1, -0.05) is 0 Å². The van der Waals surface area contributed by atoms with Crippen LogP contribution in [0.2, 0.25) is 0 Å². The monoisotopic (exact) mass is 327 g/mol. The number of nitrogens with zero attached hydrogens (tertiary/aromatic N) is 4. The molecule has 1 fully saturated rings. The molecule has 2 aromatic rings. The summed E-state index contributed by atoms with van der Waals surface area (Å²) in [5.74, 6) is 1.05. The maximum Gasteiger partial charge on any atom is 0.272 e. The molecule has 0 radical (unpaired) electrons. The topological polar surface area (TPSA) is 94.2 Å². The van der Waals surface area contributed by atoms with Gasteiger partial charge in [-0.05, 0) is 43.5 Å². The van der Waals surface area contributed by atoms with E-state index in [2.05, 4.69) is 15.0 Å². The Morgan fingerprint density at radius 1 is 1.38 bits per heavy atom. The average molecular weight is 327 g/mol. The van der Waals surface area contributed by atoms with Crippen molar-refractivity contribution in [3.63, 3.8) is 0 Å². The summed E-state index contributed by atoms with van der Waals surface area (Å²) in [6, 6.07) is 5.47. The van der Waals surface area contributed by atoms with Crippen LogP contribution >= 0.6 is 0 Å². The molecule has 0 unspecified atom stereocenters. The molecule has 0 saturated carbocycles. The van der Waals surface area contributed by atoms with Crippen molar-refractivity contribution in [1.82, 2.24) is 19.9 Å². The number of aromatic nitrogens is 3. The number of carbonyl (C=O) groups excluding carboxylic acids is 1. The fourth-order valence-corrected chi connectivity index (χ4v) is 2.79. The Balaban J connectivity index is 1.59. The number of nitrogen functional groups attached to an aromatic ring is 1. The van der Waals surface area contributed by atoms with Gasteiger partial charge in [0, 0.05) is 25.5 Å². The molecule has 1 aliphatic rings. The van der Waals surface area contributed by atoms with Crippen LogP contribution in [-0.4, -0.2) is 51.6 Å². The lowest BCUT2D eigenvalue weighted by molar-refractivity contribution is -0.0247. The Morgan fingerprint density at radius 3 is 3.00 bits per heavy atom. The Hall–Kier alpha value is -2.54. The second-order valence-corrected chi connectivity index (χ2v) is 5.86. The lowest BCUT2D eigenvalue weighted by Gasteiger charge is -2.32. The van der Waals surface area contributed by atoms with Gasteiger partial charge in [0.15, 0.2) is 0 Å². The van der Waals surface area contributed by atoms with Gasteiger partial charge in [-0.25, -0.2) is 15.0 Å². The number of anilines is 1. The normalized spacial score (nSPS) is 17.7. The Kier molecular flexibility index (Phi) is 5.00. The summed E-state index contributed by atoms with van der Waals surface area (Å²) in [6.45, 7) is 3.47. The highest BCUT2D eigenvalue weighted by Gasteiger charge is 2.25. The van der Waals surface area contributed by atoms with E-state index in [1.54, 1.807) is 30.3 Å². The number of aryl methyl sites for hydroxylation is 2. The predicted molar refractivity (Wildman–Crippen MR) is 89.4 cm³/mol. The molecule has 7 heteroatoms. The first-order valence-corrected chi connectivity index (χ1v) is 8.03. The van der Waals surface area contributed by atoms with Crippen molar-refractivity contribution in [2.45, 2.75) is 25.9 Å². The molecule has 0 aliphatic carbocycles. The van der Waals surface area contributed by atoms with Crippen LogP contribution in [0.3, 0.4) is 0 Å². The van der Waals surface area contributed by atoms with Crippen molar-refractivity contribution in [1.29, 1.82) is 0 Å². The maximum atomic E-state index is 12.6. The van der Waals surface area contributed by atoms with E-state index in [9.17, 15) is 4.79 Å². The number of ether oxygens (including phenoxy) is 1. The van der Waals surface area contributed by atoms with Gasteiger partial charge in [-0.2, -0.15) is 0 Å². The van der Waals surface area contributed by atoms with Crippen molar-refractivity contribution in [3.05, 3.63) is 47.7 Å². The number of pyridine rings is 1. The van der Waals surface area contributed by atoms with Gasteiger partial charge < -0.3 is 15.4 Å². The molecular formula is C17H21N5O2. The first kappa shape index (κ1) is 16.3. The zero-order valence-corrected chi connectivity index (χ0v) is 13.7. The predicted octanol–water partition coefficient (Wildman–Crippen LogP) is 1.24. The van der Waals surface area contributed by atoms with Crippen LogP contribution in [-0.2, 0) is 11.2 Å². The molecule has 1 aliphatic heterocycles. The van der Waals surface area contributed by atoms with E-state index in [1.165, 1.54) is 0 Å². The second kappa shape index (κ2) is 7.35. The van der Waals surface area contributed by atoms with Crippen molar-refractivity contribution < 1.29 is 9.53 Å². The minimum absolute atomic E-state index is 0.0139. The molecule has 7 nitrogen and oxygen atoms in total. The molecule has 0 spiro atoms. The zero-order valence-electron chi connectivity index (χ0n) is 13.7. The second-order valence-electron chi connectivity index (χ2n) is 5.86. The Labute approximate surface area is 140 Å². The lowest BCUT2D eigenvalue weighted by Crippen LogP contribution is -2.46. The van der Waals surface area contributed by atoms with Crippen LogP contribution in [0.4, 0.5) is 5.82 Å². The van der Waals surface area contributed by atoms with E-state index >= 15 is 0 Å². The number of amides is 1. The standard InChI is InChI=1S/C17H21N5O2/c1-12-19-7-5-15(21-12)17(23)22-8-9-24-14(11-22)3-2-13-4-6-20-16(18)10-13/h4-7,10,14H,2-3,8-9,11H2,1H3,(H2,18,20)/t14-/m1/s1. The number of hydrogen-bond donors (Lipinski definition) is 1. The van der Waals surface area contributed by atoms with E-state index in [-0.39, 0.29) is 12.0 Å². The van der Waals surface area contributed by atoms with Crippen LogP contribution in [0.15, 0.2) is 30.6 Å². The molecular weight excluding hydrogens is 306 g/mol. The number of morpholine rings is 1. The number of carbonyl (C=O) groups is 1. The van der Waals surface area contributed by atoms with Crippen LogP contribution in [0.25, 0.3) is 0 Å². The van der Waals surface area contributed by atoms with Crippen molar-refractivity contribution in [3.8, 4) is 0 Å². The molecule has 1 amide bonds. The van der Waals surface area contributed by atoms with E-state index in [1.807, 2.05) is 12.1 Å². The molecule has 0 bridgehead atoms. The molecule has 3 rings (SSSR count). The van der Waals surface area contributed by atoms with Crippen LogP contribution in [0.5, 0.6) is 0 Å². The summed E-state index contributed by atoms with van der Waals surface area (Å²) in [5.41, 5.74) is 7.26. The quantitative estimate of drug-likeness (QED) is 0.908. The van der Waals surface area contributed by atoms with Gasteiger partial charge >= 0.3 is 0 Å². The van der Waals surface area contributed by atoms with E-state index in [4.69, 9.17) is 10.5 Å². The van der Waals surface area contributed by atoms with E-state index in [0.29, 0.717) is 37.0 Å². The lowest BCUT2D eigenvalue weighted by atomic mass is 10.1. The molecule has 1 atom stereocenters. The third-order valence-electron chi connectivity index (χ3n) is 4.02.